The van der Waals surface area contributed by atoms with Crippen LogP contribution in [0, 0.1) is 0 Å². The standard InChI is InChI=1S/C17H22N4O2/c18-8-15-6-7-16(23-15)17(22)19-9-14-10-20-21(12-14)11-13-4-2-1-3-5-13/h1-5,10,12,15-16H,6-9,11,18H2,(H,19,22)/t15-,16+/m1/s1. The van der Waals surface area contributed by atoms with Gasteiger partial charge in [0.25, 0.3) is 0 Å². The minimum atomic E-state index is -0.372. The van der Waals surface area contributed by atoms with Gasteiger partial charge in [0.15, 0.2) is 0 Å². The molecule has 122 valence electrons. The van der Waals surface area contributed by atoms with E-state index in [1.165, 1.54) is 5.56 Å². The first kappa shape index (κ1) is 15.7. The predicted octanol–water partition coefficient (Wildman–Crippen LogP) is 1.05. The minimum Gasteiger partial charge on any atom is -0.364 e. The second-order valence-electron chi connectivity index (χ2n) is 5.81. The molecule has 0 bridgehead atoms. The maximum Gasteiger partial charge on any atom is 0.249 e. The van der Waals surface area contributed by atoms with E-state index in [9.17, 15) is 4.79 Å². The van der Waals surface area contributed by atoms with E-state index >= 15 is 0 Å². The molecule has 0 unspecified atom stereocenters. The monoisotopic (exact) mass is 314 g/mol. The fourth-order valence-electron chi connectivity index (χ4n) is 2.73. The van der Waals surface area contributed by atoms with Crippen LogP contribution in [0.1, 0.15) is 24.0 Å². The zero-order valence-corrected chi connectivity index (χ0v) is 13.0. The second kappa shape index (κ2) is 7.39. The molecule has 2 atom stereocenters. The highest BCUT2D eigenvalue weighted by Crippen LogP contribution is 2.18. The molecule has 1 amide bonds. The molecule has 3 rings (SSSR count). The first-order chi connectivity index (χ1) is 11.2. The summed E-state index contributed by atoms with van der Waals surface area (Å²) >= 11 is 0. The largest absolute Gasteiger partial charge is 0.364 e. The normalized spacial score (nSPS) is 20.6. The molecule has 0 spiro atoms. The lowest BCUT2D eigenvalue weighted by atomic mass is 10.2. The van der Waals surface area contributed by atoms with E-state index in [1.54, 1.807) is 6.20 Å². The molecule has 0 aliphatic carbocycles. The van der Waals surface area contributed by atoms with Crippen LogP contribution in [0.3, 0.4) is 0 Å². The molecule has 23 heavy (non-hydrogen) atoms. The number of hydrogen-bond donors (Lipinski definition) is 2. The average Bonchev–Trinajstić information content (AvgIpc) is 3.23. The highest BCUT2D eigenvalue weighted by Gasteiger charge is 2.29. The molecule has 2 aromatic rings. The summed E-state index contributed by atoms with van der Waals surface area (Å²) in [4.78, 5) is 12.1. The van der Waals surface area contributed by atoms with Gasteiger partial charge in [-0.2, -0.15) is 5.10 Å². The summed E-state index contributed by atoms with van der Waals surface area (Å²) in [7, 11) is 0. The number of rotatable bonds is 6. The van der Waals surface area contributed by atoms with Gasteiger partial charge in [0, 0.05) is 24.8 Å². The second-order valence-corrected chi connectivity index (χ2v) is 5.81. The highest BCUT2D eigenvalue weighted by atomic mass is 16.5. The molecule has 0 radical (unpaired) electrons. The summed E-state index contributed by atoms with van der Waals surface area (Å²) in [6, 6.07) is 10.1. The molecule has 1 aliphatic heterocycles. The van der Waals surface area contributed by atoms with Crippen LogP contribution < -0.4 is 11.1 Å². The van der Waals surface area contributed by atoms with Crippen LogP contribution in [0.25, 0.3) is 0 Å². The van der Waals surface area contributed by atoms with E-state index in [-0.39, 0.29) is 18.1 Å². The first-order valence-electron chi connectivity index (χ1n) is 7.93. The number of aromatic nitrogens is 2. The van der Waals surface area contributed by atoms with Crippen molar-refractivity contribution in [3.8, 4) is 0 Å². The van der Waals surface area contributed by atoms with Crippen molar-refractivity contribution in [2.24, 2.45) is 5.73 Å². The lowest BCUT2D eigenvalue weighted by Gasteiger charge is -2.12. The third kappa shape index (κ3) is 4.18. The van der Waals surface area contributed by atoms with E-state index in [0.29, 0.717) is 13.1 Å². The Kier molecular flexibility index (Phi) is 5.05. The Morgan fingerprint density at radius 2 is 2.13 bits per heavy atom. The number of carbonyl (C=O) groups is 1. The lowest BCUT2D eigenvalue weighted by molar-refractivity contribution is -0.132. The summed E-state index contributed by atoms with van der Waals surface area (Å²) in [5.41, 5.74) is 7.73. The summed E-state index contributed by atoms with van der Waals surface area (Å²) < 4.78 is 7.46. The molecule has 1 aromatic heterocycles. The molecule has 0 saturated carbocycles. The van der Waals surface area contributed by atoms with Crippen LogP contribution >= 0.6 is 0 Å². The maximum absolute atomic E-state index is 12.1. The van der Waals surface area contributed by atoms with Crippen molar-refractivity contribution in [2.45, 2.75) is 38.1 Å². The molecule has 1 saturated heterocycles. The summed E-state index contributed by atoms with van der Waals surface area (Å²) in [5, 5.41) is 7.23. The van der Waals surface area contributed by atoms with Gasteiger partial charge in [-0.15, -0.1) is 0 Å². The van der Waals surface area contributed by atoms with Crippen LogP contribution in [0.4, 0.5) is 0 Å². The molecule has 3 N–H and O–H groups in total. The molecular formula is C17H22N4O2. The fraction of sp³-hybridized carbons (Fsp3) is 0.412. The first-order valence-corrected chi connectivity index (χ1v) is 7.93. The topological polar surface area (TPSA) is 82.2 Å². The van der Waals surface area contributed by atoms with Crippen molar-refractivity contribution < 1.29 is 9.53 Å². The van der Waals surface area contributed by atoms with Crippen molar-refractivity contribution in [1.82, 2.24) is 15.1 Å². The van der Waals surface area contributed by atoms with Gasteiger partial charge in [-0.25, -0.2) is 0 Å². The van der Waals surface area contributed by atoms with Gasteiger partial charge in [-0.3, -0.25) is 9.48 Å². The number of hydrogen-bond acceptors (Lipinski definition) is 4. The van der Waals surface area contributed by atoms with Crippen LogP contribution in [0.2, 0.25) is 0 Å². The predicted molar refractivity (Wildman–Crippen MR) is 86.6 cm³/mol. The SMILES string of the molecule is NC[C@H]1CC[C@@H](C(=O)NCc2cnn(Cc3ccccc3)c2)O1. The van der Waals surface area contributed by atoms with E-state index in [0.717, 1.165) is 24.9 Å². The Bertz CT molecular complexity index is 641. The molecule has 1 fully saturated rings. The van der Waals surface area contributed by atoms with Crippen LogP contribution in [-0.2, 0) is 22.6 Å². The fourth-order valence-corrected chi connectivity index (χ4v) is 2.73. The molecule has 1 aliphatic rings. The van der Waals surface area contributed by atoms with Gasteiger partial charge >= 0.3 is 0 Å². The highest BCUT2D eigenvalue weighted by molar-refractivity contribution is 5.80. The van der Waals surface area contributed by atoms with Crippen LogP contribution in [0.5, 0.6) is 0 Å². The number of nitrogens with one attached hydrogen (secondary N) is 1. The summed E-state index contributed by atoms with van der Waals surface area (Å²) in [5.74, 6) is -0.0724. The zero-order chi connectivity index (χ0) is 16.1. The molecule has 1 aromatic carbocycles. The third-order valence-corrected chi connectivity index (χ3v) is 4.00. The summed E-state index contributed by atoms with van der Waals surface area (Å²) in [6.07, 6.45) is 4.96. The maximum atomic E-state index is 12.1. The van der Waals surface area contributed by atoms with E-state index in [2.05, 4.69) is 22.5 Å². The Morgan fingerprint density at radius 3 is 2.87 bits per heavy atom. The Morgan fingerprint density at radius 1 is 1.30 bits per heavy atom. The lowest BCUT2D eigenvalue weighted by Crippen LogP contribution is -2.35. The Balaban J connectivity index is 1.48. The van der Waals surface area contributed by atoms with Gasteiger partial charge in [0.1, 0.15) is 6.10 Å². The quantitative estimate of drug-likeness (QED) is 0.835. The van der Waals surface area contributed by atoms with E-state index in [1.807, 2.05) is 29.1 Å². The Hall–Kier alpha value is -2.18. The number of benzene rings is 1. The van der Waals surface area contributed by atoms with Crippen molar-refractivity contribution in [3.63, 3.8) is 0 Å². The zero-order valence-electron chi connectivity index (χ0n) is 13.0. The molecule has 6 nitrogen and oxygen atoms in total. The molecular weight excluding hydrogens is 292 g/mol. The number of nitrogens with two attached hydrogens (primary N) is 1. The Labute approximate surface area is 135 Å². The van der Waals surface area contributed by atoms with Crippen molar-refractivity contribution in [3.05, 3.63) is 53.9 Å². The smallest absolute Gasteiger partial charge is 0.249 e. The van der Waals surface area contributed by atoms with Gasteiger partial charge in [0.05, 0.1) is 18.8 Å². The van der Waals surface area contributed by atoms with Crippen molar-refractivity contribution in [2.75, 3.05) is 6.54 Å². The van der Waals surface area contributed by atoms with Gasteiger partial charge in [-0.05, 0) is 18.4 Å². The van der Waals surface area contributed by atoms with Gasteiger partial charge < -0.3 is 15.8 Å². The molecule has 6 heteroatoms. The third-order valence-electron chi connectivity index (χ3n) is 4.00. The number of nitrogens with zero attached hydrogens (tertiary/aromatic N) is 2. The number of ether oxygens (including phenoxy) is 1. The number of carbonyl (C=O) groups excluding carboxylic acids is 1. The van der Waals surface area contributed by atoms with Crippen LogP contribution in [-0.4, -0.2) is 34.4 Å². The van der Waals surface area contributed by atoms with E-state index < -0.39 is 0 Å². The minimum absolute atomic E-state index is 0.0133. The average molecular weight is 314 g/mol. The van der Waals surface area contributed by atoms with Crippen molar-refractivity contribution >= 4 is 5.91 Å². The molecule has 2 heterocycles. The van der Waals surface area contributed by atoms with Gasteiger partial charge in [0.2, 0.25) is 5.91 Å². The van der Waals surface area contributed by atoms with Crippen LogP contribution in [0.15, 0.2) is 42.7 Å². The van der Waals surface area contributed by atoms with E-state index in [4.69, 9.17) is 10.5 Å². The van der Waals surface area contributed by atoms with Gasteiger partial charge in [-0.1, -0.05) is 30.3 Å². The number of amides is 1. The van der Waals surface area contributed by atoms with Crippen molar-refractivity contribution in [1.29, 1.82) is 0 Å². The summed E-state index contributed by atoms with van der Waals surface area (Å²) in [6.45, 7) is 1.65.